The molecule has 2 aliphatic rings. The Morgan fingerprint density at radius 3 is 3.00 bits per heavy atom. The second-order valence-electron chi connectivity index (χ2n) is 7.68. The lowest BCUT2D eigenvalue weighted by Crippen LogP contribution is -2.27. The highest BCUT2D eigenvalue weighted by Gasteiger charge is 2.25. The Hall–Kier alpha value is -2.84. The summed E-state index contributed by atoms with van der Waals surface area (Å²) in [5.74, 6) is 7.16. The minimum atomic E-state index is -0.132. The van der Waals surface area contributed by atoms with Gasteiger partial charge in [-0.3, -0.25) is 4.79 Å². The van der Waals surface area contributed by atoms with Crippen LogP contribution in [0.5, 0.6) is 0 Å². The number of amides is 1. The first kappa shape index (κ1) is 19.5. The fourth-order valence-corrected chi connectivity index (χ4v) is 4.08. The van der Waals surface area contributed by atoms with Gasteiger partial charge in [0.05, 0.1) is 23.5 Å². The van der Waals surface area contributed by atoms with E-state index in [1.165, 1.54) is 32.1 Å². The highest BCUT2D eigenvalue weighted by molar-refractivity contribution is 6.11. The van der Waals surface area contributed by atoms with Crippen LogP contribution >= 0.6 is 0 Å². The molecule has 0 aliphatic carbocycles. The van der Waals surface area contributed by atoms with Gasteiger partial charge in [0.1, 0.15) is 5.82 Å². The number of nitrogens with zero attached hydrogens (tertiary/aromatic N) is 2. The van der Waals surface area contributed by atoms with Crippen LogP contribution in [0.2, 0.25) is 0 Å². The molecule has 0 spiro atoms. The van der Waals surface area contributed by atoms with Crippen LogP contribution in [0.15, 0.2) is 42.6 Å². The topological polar surface area (TPSA) is 57.3 Å². The zero-order valence-corrected chi connectivity index (χ0v) is 16.8. The van der Waals surface area contributed by atoms with Crippen molar-refractivity contribution in [3.8, 4) is 11.8 Å². The SMILES string of the molecule is O=C1Nc2ccccc2N(CC#CCCCC2CCCCCN2)c2ncccc21. The molecule has 150 valence electrons. The molecule has 2 aliphatic heterocycles. The van der Waals surface area contributed by atoms with Crippen LogP contribution in [0.4, 0.5) is 17.2 Å². The van der Waals surface area contributed by atoms with E-state index >= 15 is 0 Å². The lowest BCUT2D eigenvalue weighted by Gasteiger charge is -2.22. The van der Waals surface area contributed by atoms with Crippen LogP contribution in [0.3, 0.4) is 0 Å². The molecular weight excluding hydrogens is 360 g/mol. The third-order valence-corrected chi connectivity index (χ3v) is 5.61. The summed E-state index contributed by atoms with van der Waals surface area (Å²) < 4.78 is 0. The van der Waals surface area contributed by atoms with Crippen molar-refractivity contribution in [2.75, 3.05) is 23.3 Å². The summed E-state index contributed by atoms with van der Waals surface area (Å²) >= 11 is 0. The molecule has 3 heterocycles. The van der Waals surface area contributed by atoms with Crippen LogP contribution in [0.1, 0.15) is 55.3 Å². The summed E-state index contributed by atoms with van der Waals surface area (Å²) in [5.41, 5.74) is 2.29. The van der Waals surface area contributed by atoms with Crippen LogP contribution in [0.25, 0.3) is 0 Å². The molecule has 0 bridgehead atoms. The summed E-state index contributed by atoms with van der Waals surface area (Å²) in [4.78, 5) is 19.1. The van der Waals surface area contributed by atoms with Crippen molar-refractivity contribution in [2.45, 2.75) is 51.0 Å². The van der Waals surface area contributed by atoms with Crippen LogP contribution in [-0.2, 0) is 0 Å². The fourth-order valence-electron chi connectivity index (χ4n) is 4.08. The molecule has 2 aromatic rings. The van der Waals surface area contributed by atoms with E-state index in [0.717, 1.165) is 30.8 Å². The van der Waals surface area contributed by atoms with E-state index < -0.39 is 0 Å². The summed E-state index contributed by atoms with van der Waals surface area (Å²) in [5, 5.41) is 6.64. The van der Waals surface area contributed by atoms with Gasteiger partial charge in [0.2, 0.25) is 0 Å². The predicted molar refractivity (Wildman–Crippen MR) is 118 cm³/mol. The first-order valence-corrected chi connectivity index (χ1v) is 10.6. The van der Waals surface area contributed by atoms with Gasteiger partial charge in [-0.05, 0) is 56.5 Å². The molecule has 5 heteroatoms. The molecule has 0 saturated carbocycles. The quantitative estimate of drug-likeness (QED) is 0.598. The molecule has 0 radical (unpaired) electrons. The number of rotatable bonds is 4. The number of para-hydroxylation sites is 2. The second kappa shape index (κ2) is 9.58. The number of hydrogen-bond acceptors (Lipinski definition) is 4. The normalized spacial score (nSPS) is 18.4. The van der Waals surface area contributed by atoms with Crippen molar-refractivity contribution in [3.63, 3.8) is 0 Å². The monoisotopic (exact) mass is 388 g/mol. The zero-order chi connectivity index (χ0) is 19.9. The Balaban J connectivity index is 1.43. The fraction of sp³-hybridized carbons (Fsp3) is 0.417. The van der Waals surface area contributed by atoms with E-state index in [2.05, 4.69) is 27.5 Å². The molecular formula is C24H28N4O. The van der Waals surface area contributed by atoms with Gasteiger partial charge >= 0.3 is 0 Å². The molecule has 1 fully saturated rings. The van der Waals surface area contributed by atoms with Gasteiger partial charge < -0.3 is 15.5 Å². The minimum absolute atomic E-state index is 0.132. The van der Waals surface area contributed by atoms with E-state index in [1.807, 2.05) is 35.2 Å². The Bertz CT molecular complexity index is 906. The Morgan fingerprint density at radius 1 is 1.10 bits per heavy atom. The van der Waals surface area contributed by atoms with Crippen molar-refractivity contribution >= 4 is 23.1 Å². The second-order valence-corrected chi connectivity index (χ2v) is 7.68. The smallest absolute Gasteiger partial charge is 0.259 e. The molecule has 1 aromatic heterocycles. The number of fused-ring (bicyclic) bond motifs is 2. The summed E-state index contributed by atoms with van der Waals surface area (Å²) in [7, 11) is 0. The third-order valence-electron chi connectivity index (χ3n) is 5.61. The van der Waals surface area contributed by atoms with Gasteiger partial charge in [-0.15, -0.1) is 5.92 Å². The van der Waals surface area contributed by atoms with E-state index in [0.29, 0.717) is 24.0 Å². The maximum Gasteiger partial charge on any atom is 0.259 e. The molecule has 5 nitrogen and oxygen atoms in total. The van der Waals surface area contributed by atoms with Gasteiger partial charge in [-0.2, -0.15) is 0 Å². The molecule has 1 amide bonds. The van der Waals surface area contributed by atoms with Crippen molar-refractivity contribution in [1.82, 2.24) is 10.3 Å². The van der Waals surface area contributed by atoms with Gasteiger partial charge in [-0.1, -0.05) is 30.9 Å². The number of nitrogens with one attached hydrogen (secondary N) is 2. The first-order chi connectivity index (χ1) is 14.3. The maximum absolute atomic E-state index is 12.6. The molecule has 1 atom stereocenters. The molecule has 2 N–H and O–H groups in total. The van der Waals surface area contributed by atoms with Gasteiger partial charge in [0.15, 0.2) is 0 Å². The van der Waals surface area contributed by atoms with Gasteiger partial charge in [-0.25, -0.2) is 4.98 Å². The number of carbonyl (C=O) groups is 1. The number of hydrogen-bond donors (Lipinski definition) is 2. The van der Waals surface area contributed by atoms with Crippen LogP contribution in [-0.4, -0.2) is 30.0 Å². The Labute approximate surface area is 172 Å². The molecule has 29 heavy (non-hydrogen) atoms. The van der Waals surface area contributed by atoms with E-state index in [-0.39, 0.29) is 5.91 Å². The average molecular weight is 389 g/mol. The molecule has 1 aromatic carbocycles. The summed E-state index contributed by atoms with van der Waals surface area (Å²) in [6.07, 6.45) is 10.2. The third kappa shape index (κ3) is 4.78. The molecule has 4 rings (SSSR count). The Morgan fingerprint density at radius 2 is 2.03 bits per heavy atom. The Kier molecular flexibility index (Phi) is 6.43. The van der Waals surface area contributed by atoms with Crippen molar-refractivity contribution in [1.29, 1.82) is 0 Å². The number of benzene rings is 1. The van der Waals surface area contributed by atoms with Crippen molar-refractivity contribution in [3.05, 3.63) is 48.2 Å². The number of unbranched alkanes of at least 4 members (excludes halogenated alkanes) is 1. The lowest BCUT2D eigenvalue weighted by molar-refractivity contribution is 0.102. The van der Waals surface area contributed by atoms with E-state index in [9.17, 15) is 4.79 Å². The van der Waals surface area contributed by atoms with Crippen molar-refractivity contribution in [2.24, 2.45) is 0 Å². The standard InChI is InChI=1S/C24H28N4O/c29-24-20-13-10-17-26-23(20)28(22-15-7-6-14-21(22)27-24)18-9-2-1-4-11-19-12-5-3-8-16-25-19/h6-7,10,13-15,17,19,25H,1,3-5,8,11-12,16,18H2,(H,27,29). The zero-order valence-electron chi connectivity index (χ0n) is 16.8. The van der Waals surface area contributed by atoms with Crippen LogP contribution < -0.4 is 15.5 Å². The van der Waals surface area contributed by atoms with Gasteiger partial charge in [0, 0.05) is 18.7 Å². The van der Waals surface area contributed by atoms with E-state index in [1.54, 1.807) is 12.3 Å². The molecule has 1 saturated heterocycles. The minimum Gasteiger partial charge on any atom is -0.320 e. The predicted octanol–water partition coefficient (Wildman–Crippen LogP) is 4.49. The maximum atomic E-state index is 12.6. The summed E-state index contributed by atoms with van der Waals surface area (Å²) in [6, 6.07) is 12.1. The number of pyridine rings is 1. The first-order valence-electron chi connectivity index (χ1n) is 10.6. The van der Waals surface area contributed by atoms with E-state index in [4.69, 9.17) is 0 Å². The van der Waals surface area contributed by atoms with Gasteiger partial charge in [0.25, 0.3) is 5.91 Å². The summed E-state index contributed by atoms with van der Waals surface area (Å²) in [6.45, 7) is 1.67. The average Bonchev–Trinajstić information content (AvgIpc) is 3.08. The largest absolute Gasteiger partial charge is 0.320 e. The molecule has 1 unspecified atom stereocenters. The highest BCUT2D eigenvalue weighted by Crippen LogP contribution is 2.35. The lowest BCUT2D eigenvalue weighted by atomic mass is 10.0. The number of carbonyl (C=O) groups excluding carboxylic acids is 1. The van der Waals surface area contributed by atoms with Crippen molar-refractivity contribution < 1.29 is 4.79 Å². The number of aromatic nitrogens is 1. The van der Waals surface area contributed by atoms with Crippen LogP contribution in [0, 0.1) is 11.8 Å². The number of anilines is 3. The highest BCUT2D eigenvalue weighted by atomic mass is 16.1.